The predicted molar refractivity (Wildman–Crippen MR) is 117 cm³/mol. The lowest BCUT2D eigenvalue weighted by Gasteiger charge is -2.34. The minimum Gasteiger partial charge on any atom is -0.355 e. The summed E-state index contributed by atoms with van der Waals surface area (Å²) in [7, 11) is 0. The summed E-state index contributed by atoms with van der Waals surface area (Å²) in [6, 6.07) is 17.8. The van der Waals surface area contributed by atoms with Gasteiger partial charge in [0.05, 0.1) is 16.4 Å². The van der Waals surface area contributed by atoms with Gasteiger partial charge in [0.25, 0.3) is 0 Å². The fourth-order valence-electron chi connectivity index (χ4n) is 4.73. The molecule has 6 rings (SSSR count). The fraction of sp³-hybridized carbons (Fsp3) is 0.304. The maximum Gasteiger partial charge on any atom is 0.101 e. The van der Waals surface area contributed by atoms with Gasteiger partial charge in [-0.15, -0.1) is 0 Å². The summed E-state index contributed by atoms with van der Waals surface area (Å²) in [4.78, 5) is 8.03. The van der Waals surface area contributed by atoms with Gasteiger partial charge in [-0.1, -0.05) is 53.9 Å². The molecule has 2 aromatic rings. The number of nitrogens with zero attached hydrogens (tertiary/aromatic N) is 2. The van der Waals surface area contributed by atoms with E-state index in [-0.39, 0.29) is 0 Å². The Morgan fingerprint density at radius 1 is 0.852 bits per heavy atom. The third kappa shape index (κ3) is 2.57. The molecule has 0 saturated carbocycles. The summed E-state index contributed by atoms with van der Waals surface area (Å²) < 4.78 is 0. The van der Waals surface area contributed by atoms with Gasteiger partial charge in [0, 0.05) is 22.9 Å². The lowest BCUT2D eigenvalue weighted by molar-refractivity contribution is 0.655. The van der Waals surface area contributed by atoms with Crippen LogP contribution < -0.4 is 9.80 Å². The lowest BCUT2D eigenvalue weighted by Crippen LogP contribution is -2.36. The van der Waals surface area contributed by atoms with E-state index in [4.69, 9.17) is 0 Å². The SMILES string of the molecule is C(=C1CCCN2c3ccccc3SC12)C1=C2Sc3ccccc3N2CCC1. The topological polar surface area (TPSA) is 6.48 Å². The Bertz CT molecular complexity index is 978. The third-order valence-corrected chi connectivity index (χ3v) is 8.57. The van der Waals surface area contributed by atoms with Crippen LogP contribution in [-0.2, 0) is 0 Å². The van der Waals surface area contributed by atoms with Crippen LogP contribution in [-0.4, -0.2) is 18.5 Å². The predicted octanol–water partition coefficient (Wildman–Crippen LogP) is 6.26. The molecule has 1 fully saturated rings. The van der Waals surface area contributed by atoms with Crippen LogP contribution in [0.3, 0.4) is 0 Å². The van der Waals surface area contributed by atoms with Crippen LogP contribution in [0.2, 0.25) is 0 Å². The van der Waals surface area contributed by atoms with Crippen LogP contribution >= 0.6 is 23.5 Å². The van der Waals surface area contributed by atoms with Gasteiger partial charge in [-0.3, -0.25) is 0 Å². The number of thioether (sulfide) groups is 2. The zero-order valence-corrected chi connectivity index (χ0v) is 16.9. The summed E-state index contributed by atoms with van der Waals surface area (Å²) in [5.41, 5.74) is 6.00. The van der Waals surface area contributed by atoms with Crippen molar-refractivity contribution in [2.24, 2.45) is 0 Å². The van der Waals surface area contributed by atoms with Crippen LogP contribution in [0.5, 0.6) is 0 Å². The molecule has 1 atom stereocenters. The molecule has 0 radical (unpaired) electrons. The van der Waals surface area contributed by atoms with E-state index in [1.54, 1.807) is 11.1 Å². The molecule has 4 heterocycles. The van der Waals surface area contributed by atoms with Crippen molar-refractivity contribution in [2.45, 2.75) is 40.8 Å². The molecule has 1 saturated heterocycles. The van der Waals surface area contributed by atoms with E-state index >= 15 is 0 Å². The molecule has 0 bridgehead atoms. The van der Waals surface area contributed by atoms with Crippen molar-refractivity contribution < 1.29 is 0 Å². The summed E-state index contributed by atoms with van der Waals surface area (Å²) in [5, 5.41) is 1.97. The molecular formula is C23H22N2S2. The first kappa shape index (κ1) is 16.2. The van der Waals surface area contributed by atoms with E-state index < -0.39 is 0 Å². The number of fused-ring (bicyclic) bond motifs is 6. The van der Waals surface area contributed by atoms with Gasteiger partial charge in [0.2, 0.25) is 0 Å². The second kappa shape index (κ2) is 6.39. The second-order valence-corrected chi connectivity index (χ2v) is 9.76. The maximum atomic E-state index is 2.62. The second-order valence-electron chi connectivity index (χ2n) is 7.61. The van der Waals surface area contributed by atoms with E-state index in [0.29, 0.717) is 5.37 Å². The first-order valence-electron chi connectivity index (χ1n) is 9.89. The number of benzene rings is 2. The third-order valence-electron chi connectivity index (χ3n) is 5.95. The largest absolute Gasteiger partial charge is 0.355 e. The minimum atomic E-state index is 0.494. The van der Waals surface area contributed by atoms with Crippen molar-refractivity contribution in [2.75, 3.05) is 22.9 Å². The number of hydrogen-bond acceptors (Lipinski definition) is 4. The van der Waals surface area contributed by atoms with Crippen LogP contribution in [0.15, 0.2) is 80.6 Å². The molecule has 0 spiro atoms. The molecule has 4 heteroatoms. The zero-order chi connectivity index (χ0) is 17.8. The van der Waals surface area contributed by atoms with Crippen molar-refractivity contribution in [1.29, 1.82) is 0 Å². The van der Waals surface area contributed by atoms with E-state index in [9.17, 15) is 0 Å². The smallest absolute Gasteiger partial charge is 0.101 e. The molecule has 0 amide bonds. The molecule has 2 aromatic carbocycles. The number of anilines is 2. The average Bonchev–Trinajstić information content (AvgIpc) is 3.28. The molecule has 1 unspecified atom stereocenters. The molecule has 0 aromatic heterocycles. The van der Waals surface area contributed by atoms with Gasteiger partial charge in [0.15, 0.2) is 0 Å². The first-order valence-corrected chi connectivity index (χ1v) is 11.6. The van der Waals surface area contributed by atoms with Gasteiger partial charge in [-0.2, -0.15) is 0 Å². The van der Waals surface area contributed by atoms with Gasteiger partial charge in [-0.25, -0.2) is 0 Å². The number of allylic oxidation sites excluding steroid dienone is 2. The van der Waals surface area contributed by atoms with Crippen LogP contribution in [0.25, 0.3) is 0 Å². The maximum absolute atomic E-state index is 2.62. The van der Waals surface area contributed by atoms with E-state index in [0.717, 1.165) is 6.54 Å². The lowest BCUT2D eigenvalue weighted by atomic mass is 9.98. The summed E-state index contributed by atoms with van der Waals surface area (Å²) in [6.07, 6.45) is 7.52. The van der Waals surface area contributed by atoms with E-state index in [1.165, 1.54) is 58.4 Å². The van der Waals surface area contributed by atoms with Crippen molar-refractivity contribution in [3.05, 3.63) is 70.8 Å². The summed E-state index contributed by atoms with van der Waals surface area (Å²) in [5.74, 6) is 0. The highest BCUT2D eigenvalue weighted by atomic mass is 32.2. The van der Waals surface area contributed by atoms with Crippen molar-refractivity contribution in [1.82, 2.24) is 0 Å². The van der Waals surface area contributed by atoms with Crippen LogP contribution in [0.1, 0.15) is 25.7 Å². The van der Waals surface area contributed by atoms with Crippen molar-refractivity contribution in [3.63, 3.8) is 0 Å². The van der Waals surface area contributed by atoms with Gasteiger partial charge < -0.3 is 9.80 Å². The fourth-order valence-corrected chi connectivity index (χ4v) is 7.34. The molecular weight excluding hydrogens is 368 g/mol. The van der Waals surface area contributed by atoms with Crippen LogP contribution in [0.4, 0.5) is 11.4 Å². The molecule has 27 heavy (non-hydrogen) atoms. The average molecular weight is 391 g/mol. The Morgan fingerprint density at radius 2 is 1.63 bits per heavy atom. The van der Waals surface area contributed by atoms with Crippen molar-refractivity contribution in [3.8, 4) is 0 Å². The molecule has 4 aliphatic rings. The molecule has 0 aliphatic carbocycles. The Kier molecular flexibility index (Phi) is 3.83. The quantitative estimate of drug-likeness (QED) is 0.566. The van der Waals surface area contributed by atoms with Gasteiger partial charge >= 0.3 is 0 Å². The molecule has 136 valence electrons. The highest BCUT2D eigenvalue weighted by Crippen LogP contribution is 2.52. The standard InChI is InChI=1S/C23H22N2S2/c1-3-11-20-18(9-1)24-13-5-7-16(22(24)26-20)15-17-8-6-14-25-19-10-2-4-12-21(19)27-23(17)25/h1-4,9-12,15,22H,5-8,13-14H2. The number of para-hydroxylation sites is 2. The summed E-state index contributed by atoms with van der Waals surface area (Å²) in [6.45, 7) is 2.34. The highest BCUT2D eigenvalue weighted by Gasteiger charge is 2.36. The highest BCUT2D eigenvalue weighted by molar-refractivity contribution is 8.03. The summed E-state index contributed by atoms with van der Waals surface area (Å²) >= 11 is 4.01. The zero-order valence-electron chi connectivity index (χ0n) is 15.2. The Labute approximate surface area is 169 Å². The normalized spacial score (nSPS) is 24.7. The minimum absolute atomic E-state index is 0.494. The molecule has 4 aliphatic heterocycles. The first-order chi connectivity index (χ1) is 13.4. The van der Waals surface area contributed by atoms with Gasteiger partial charge in [0.1, 0.15) is 5.37 Å². The molecule has 0 N–H and O–H groups in total. The van der Waals surface area contributed by atoms with Crippen molar-refractivity contribution >= 4 is 34.9 Å². The van der Waals surface area contributed by atoms with E-state index in [1.807, 2.05) is 23.5 Å². The number of rotatable bonds is 1. The molecule has 2 nitrogen and oxygen atoms in total. The Balaban J connectivity index is 1.38. The van der Waals surface area contributed by atoms with Crippen LogP contribution in [0, 0.1) is 0 Å². The Hall–Kier alpha value is -1.78. The Morgan fingerprint density at radius 3 is 2.56 bits per heavy atom. The van der Waals surface area contributed by atoms with E-state index in [2.05, 4.69) is 64.4 Å². The van der Waals surface area contributed by atoms with Gasteiger partial charge in [-0.05, 0) is 61.1 Å². The number of hydrogen-bond donors (Lipinski definition) is 0. The monoisotopic (exact) mass is 390 g/mol. The number of piperidine rings is 1.